The van der Waals surface area contributed by atoms with Crippen LogP contribution in [0.5, 0.6) is 0 Å². The Morgan fingerprint density at radius 3 is 1.82 bits per heavy atom. The van der Waals surface area contributed by atoms with Crippen LogP contribution in [0.2, 0.25) is 0 Å². The van der Waals surface area contributed by atoms with Gasteiger partial charge in [-0.15, -0.1) is 0 Å². The summed E-state index contributed by atoms with van der Waals surface area (Å²) >= 11 is 0. The van der Waals surface area contributed by atoms with E-state index in [-0.39, 0.29) is 18.4 Å². The third-order valence-corrected chi connectivity index (χ3v) is 2.08. The normalized spacial score (nSPS) is 10.9. The lowest BCUT2D eigenvalue weighted by molar-refractivity contribution is 0.210. The SMILES string of the molecule is C.CC.CCCO/C(C)=C\C(C)C(C)C.O.O. The molecule has 17 heavy (non-hydrogen) atoms. The molecule has 0 heterocycles. The van der Waals surface area contributed by atoms with Crippen molar-refractivity contribution in [2.45, 2.75) is 62.3 Å². The third kappa shape index (κ3) is 21.3. The van der Waals surface area contributed by atoms with E-state index in [0.29, 0.717) is 11.8 Å². The highest BCUT2D eigenvalue weighted by molar-refractivity contribution is 4.93. The van der Waals surface area contributed by atoms with Crippen molar-refractivity contribution in [2.75, 3.05) is 6.61 Å². The van der Waals surface area contributed by atoms with Crippen LogP contribution in [0.3, 0.4) is 0 Å². The van der Waals surface area contributed by atoms with Crippen LogP contribution in [0.4, 0.5) is 0 Å². The zero-order valence-corrected chi connectivity index (χ0v) is 12.1. The first-order valence-corrected chi connectivity index (χ1v) is 5.89. The first-order valence-electron chi connectivity index (χ1n) is 5.89. The van der Waals surface area contributed by atoms with E-state index in [1.807, 2.05) is 20.8 Å². The van der Waals surface area contributed by atoms with Crippen molar-refractivity contribution < 1.29 is 15.7 Å². The number of ether oxygens (including phenoxy) is 1. The van der Waals surface area contributed by atoms with Crippen LogP contribution in [-0.4, -0.2) is 17.6 Å². The first-order chi connectivity index (χ1) is 6.57. The minimum Gasteiger partial charge on any atom is -0.499 e. The molecule has 0 bridgehead atoms. The monoisotopic (exact) mass is 252 g/mol. The highest BCUT2D eigenvalue weighted by Gasteiger charge is 2.03. The van der Waals surface area contributed by atoms with E-state index in [1.165, 1.54) is 0 Å². The highest BCUT2D eigenvalue weighted by atomic mass is 16.5. The van der Waals surface area contributed by atoms with E-state index < -0.39 is 0 Å². The molecule has 3 nitrogen and oxygen atoms in total. The molecule has 0 aromatic heterocycles. The molecule has 1 unspecified atom stereocenters. The fourth-order valence-electron chi connectivity index (χ4n) is 0.874. The predicted molar refractivity (Wildman–Crippen MR) is 79.3 cm³/mol. The summed E-state index contributed by atoms with van der Waals surface area (Å²) in [4.78, 5) is 0. The zero-order chi connectivity index (χ0) is 11.6. The molecule has 3 heteroatoms. The van der Waals surface area contributed by atoms with Crippen molar-refractivity contribution in [3.05, 3.63) is 11.8 Å². The number of allylic oxidation sites excluding steroid dienone is 2. The van der Waals surface area contributed by atoms with Gasteiger partial charge in [0.2, 0.25) is 0 Å². The van der Waals surface area contributed by atoms with Gasteiger partial charge in [-0.25, -0.2) is 0 Å². The third-order valence-electron chi connectivity index (χ3n) is 2.08. The lowest BCUT2D eigenvalue weighted by atomic mass is 9.97. The molecular formula is C14H36O3. The summed E-state index contributed by atoms with van der Waals surface area (Å²) in [5.74, 6) is 2.38. The van der Waals surface area contributed by atoms with E-state index in [1.54, 1.807) is 0 Å². The Labute approximate surface area is 109 Å². The molecule has 0 radical (unpaired) electrons. The molecule has 0 saturated heterocycles. The maximum atomic E-state index is 5.47. The predicted octanol–water partition coefficient (Wildman–Crippen LogP) is 3.62. The van der Waals surface area contributed by atoms with Crippen LogP contribution in [-0.2, 0) is 4.74 Å². The van der Waals surface area contributed by atoms with Crippen molar-refractivity contribution in [1.29, 1.82) is 0 Å². The van der Waals surface area contributed by atoms with Gasteiger partial charge in [0.25, 0.3) is 0 Å². The van der Waals surface area contributed by atoms with Crippen LogP contribution in [0.1, 0.15) is 62.3 Å². The van der Waals surface area contributed by atoms with Gasteiger partial charge in [0.1, 0.15) is 0 Å². The Bertz CT molecular complexity index is 142. The molecule has 1 atom stereocenters. The van der Waals surface area contributed by atoms with E-state index in [0.717, 1.165) is 18.8 Å². The molecule has 0 amide bonds. The van der Waals surface area contributed by atoms with Crippen LogP contribution in [0.15, 0.2) is 11.8 Å². The Morgan fingerprint density at radius 1 is 1.12 bits per heavy atom. The Balaban J connectivity index is -0.0000000907. The van der Waals surface area contributed by atoms with Crippen molar-refractivity contribution in [3.63, 3.8) is 0 Å². The highest BCUT2D eigenvalue weighted by Crippen LogP contribution is 2.13. The van der Waals surface area contributed by atoms with E-state index in [9.17, 15) is 0 Å². The second-order valence-corrected chi connectivity index (χ2v) is 3.73. The fourth-order valence-corrected chi connectivity index (χ4v) is 0.874. The largest absolute Gasteiger partial charge is 0.499 e. The van der Waals surface area contributed by atoms with E-state index >= 15 is 0 Å². The van der Waals surface area contributed by atoms with Gasteiger partial charge in [-0.1, -0.05) is 49.0 Å². The molecule has 0 aromatic rings. The van der Waals surface area contributed by atoms with Crippen molar-refractivity contribution in [1.82, 2.24) is 0 Å². The average molecular weight is 252 g/mol. The van der Waals surface area contributed by atoms with Gasteiger partial charge >= 0.3 is 0 Å². The zero-order valence-electron chi connectivity index (χ0n) is 12.1. The molecule has 0 aliphatic heterocycles. The first kappa shape index (κ1) is 30.0. The Hall–Kier alpha value is -0.540. The van der Waals surface area contributed by atoms with Gasteiger partial charge in [-0.05, 0) is 31.3 Å². The fraction of sp³-hybridized carbons (Fsp3) is 0.857. The van der Waals surface area contributed by atoms with Crippen LogP contribution in [0.25, 0.3) is 0 Å². The summed E-state index contributed by atoms with van der Waals surface area (Å²) in [6.07, 6.45) is 3.29. The maximum absolute atomic E-state index is 5.47. The second-order valence-electron chi connectivity index (χ2n) is 3.73. The summed E-state index contributed by atoms with van der Waals surface area (Å²) in [6, 6.07) is 0. The summed E-state index contributed by atoms with van der Waals surface area (Å²) < 4.78 is 5.47. The van der Waals surface area contributed by atoms with Crippen molar-refractivity contribution >= 4 is 0 Å². The number of rotatable bonds is 5. The van der Waals surface area contributed by atoms with Crippen LogP contribution < -0.4 is 0 Å². The topological polar surface area (TPSA) is 72.2 Å². The molecule has 0 aliphatic rings. The Morgan fingerprint density at radius 2 is 1.53 bits per heavy atom. The van der Waals surface area contributed by atoms with Crippen molar-refractivity contribution in [3.8, 4) is 0 Å². The minimum absolute atomic E-state index is 0. The van der Waals surface area contributed by atoms with Gasteiger partial charge in [-0.3, -0.25) is 0 Å². The quantitative estimate of drug-likeness (QED) is 0.689. The molecule has 0 aliphatic carbocycles. The maximum Gasteiger partial charge on any atom is 0.0891 e. The average Bonchev–Trinajstić information content (AvgIpc) is 2.17. The number of hydrogen-bond donors (Lipinski definition) is 0. The molecular weight excluding hydrogens is 216 g/mol. The van der Waals surface area contributed by atoms with Gasteiger partial charge < -0.3 is 15.7 Å². The molecule has 0 saturated carbocycles. The standard InChI is InChI=1S/C11H22O.C2H6.CH4.2H2O/c1-6-7-12-11(5)8-10(4)9(2)3;1-2;;;/h8-10H,6-7H2,1-5H3;1-2H3;1H4;2*1H2/b11-8-;;;;. The van der Waals surface area contributed by atoms with E-state index in [4.69, 9.17) is 4.74 Å². The summed E-state index contributed by atoms with van der Waals surface area (Å²) in [5.41, 5.74) is 0. The van der Waals surface area contributed by atoms with Crippen LogP contribution in [0, 0.1) is 11.8 Å². The van der Waals surface area contributed by atoms with E-state index in [2.05, 4.69) is 33.8 Å². The molecule has 0 fully saturated rings. The van der Waals surface area contributed by atoms with Crippen molar-refractivity contribution in [2.24, 2.45) is 11.8 Å². The molecule has 0 aromatic carbocycles. The molecule has 0 rings (SSSR count). The Kier molecular flexibility index (Phi) is 36.7. The summed E-state index contributed by atoms with van der Waals surface area (Å²) in [5, 5.41) is 0. The summed E-state index contributed by atoms with van der Waals surface area (Å²) in [6.45, 7) is 15.7. The van der Waals surface area contributed by atoms with Gasteiger partial charge in [0.05, 0.1) is 12.4 Å². The minimum atomic E-state index is 0. The van der Waals surface area contributed by atoms with Gasteiger partial charge in [-0.2, -0.15) is 0 Å². The smallest absolute Gasteiger partial charge is 0.0891 e. The molecule has 0 spiro atoms. The molecule has 4 N–H and O–H groups in total. The second kappa shape index (κ2) is 20.8. The lowest BCUT2D eigenvalue weighted by Gasteiger charge is -2.12. The van der Waals surface area contributed by atoms with Gasteiger partial charge in [0, 0.05) is 0 Å². The number of hydrogen-bond acceptors (Lipinski definition) is 1. The van der Waals surface area contributed by atoms with Crippen LogP contribution >= 0.6 is 0 Å². The van der Waals surface area contributed by atoms with Gasteiger partial charge in [0.15, 0.2) is 0 Å². The summed E-state index contributed by atoms with van der Waals surface area (Å²) in [7, 11) is 0. The molecule has 110 valence electrons. The lowest BCUT2D eigenvalue weighted by Crippen LogP contribution is -2.02.